The molecule has 1 atom stereocenters. The molecule has 0 bridgehead atoms. The first-order chi connectivity index (χ1) is 9.88. The Labute approximate surface area is 141 Å². The molecule has 2 N–H and O–H groups in total. The van der Waals surface area contributed by atoms with Crippen molar-refractivity contribution in [3.63, 3.8) is 0 Å². The molecule has 0 saturated heterocycles. The summed E-state index contributed by atoms with van der Waals surface area (Å²) >= 11 is 15.1. The van der Waals surface area contributed by atoms with Crippen LogP contribution in [-0.2, 0) is 0 Å². The summed E-state index contributed by atoms with van der Waals surface area (Å²) in [5, 5.41) is 14.2. The number of hydrogen-bond donors (Lipinski definition) is 2. The van der Waals surface area contributed by atoms with E-state index < -0.39 is 6.10 Å². The fraction of sp³-hybridized carbons (Fsp3) is 0.200. The van der Waals surface area contributed by atoms with E-state index in [1.54, 1.807) is 31.2 Å². The molecule has 21 heavy (non-hydrogen) atoms. The average molecular weight is 393 g/mol. The highest BCUT2D eigenvalue weighted by Gasteiger charge is 2.13. The van der Waals surface area contributed by atoms with E-state index in [0.717, 1.165) is 11.3 Å². The fourth-order valence-corrected chi connectivity index (χ4v) is 2.69. The molecule has 112 valence electrons. The molecule has 2 aromatic rings. The van der Waals surface area contributed by atoms with Crippen LogP contribution in [0.25, 0.3) is 0 Å². The Morgan fingerprint density at radius 2 is 2.00 bits per heavy atom. The zero-order chi connectivity index (χ0) is 15.6. The van der Waals surface area contributed by atoms with Crippen LogP contribution in [0.5, 0.6) is 0 Å². The maximum atomic E-state index is 13.4. The summed E-state index contributed by atoms with van der Waals surface area (Å²) in [5.74, 6) is -0.323. The minimum atomic E-state index is -0.820. The monoisotopic (exact) mass is 391 g/mol. The molecule has 0 aromatic heterocycles. The maximum absolute atomic E-state index is 13.4. The highest BCUT2D eigenvalue weighted by molar-refractivity contribution is 9.10. The van der Waals surface area contributed by atoms with Crippen LogP contribution >= 0.6 is 39.1 Å². The van der Waals surface area contributed by atoms with E-state index in [1.165, 1.54) is 6.07 Å². The molecule has 2 aromatic carbocycles. The van der Waals surface area contributed by atoms with Gasteiger partial charge in [-0.05, 0) is 58.7 Å². The Morgan fingerprint density at radius 3 is 2.71 bits per heavy atom. The number of nitrogens with one attached hydrogen (secondary N) is 1. The Kier molecular flexibility index (Phi) is 5.49. The first-order valence-electron chi connectivity index (χ1n) is 6.21. The van der Waals surface area contributed by atoms with Gasteiger partial charge in [0.15, 0.2) is 0 Å². The first kappa shape index (κ1) is 16.6. The predicted octanol–water partition coefficient (Wildman–Crippen LogP) is 5.35. The van der Waals surface area contributed by atoms with Crippen molar-refractivity contribution >= 4 is 44.8 Å². The third-order valence-electron chi connectivity index (χ3n) is 3.07. The van der Waals surface area contributed by atoms with Crippen LogP contribution in [-0.4, -0.2) is 11.7 Å². The number of aryl methyl sites for hydroxylation is 1. The summed E-state index contributed by atoms with van der Waals surface area (Å²) in [6.45, 7) is 2.02. The summed E-state index contributed by atoms with van der Waals surface area (Å²) in [6, 6.07) is 7.99. The van der Waals surface area contributed by atoms with Crippen molar-refractivity contribution in [3.05, 3.63) is 61.8 Å². The molecule has 2 rings (SSSR count). The molecule has 1 unspecified atom stereocenters. The summed E-state index contributed by atoms with van der Waals surface area (Å²) in [7, 11) is 0. The van der Waals surface area contributed by atoms with Crippen LogP contribution in [0, 0.1) is 12.7 Å². The second kappa shape index (κ2) is 6.97. The Balaban J connectivity index is 2.12. The summed E-state index contributed by atoms with van der Waals surface area (Å²) in [4.78, 5) is 0. The zero-order valence-electron chi connectivity index (χ0n) is 11.1. The van der Waals surface area contributed by atoms with Crippen LogP contribution in [0.4, 0.5) is 10.1 Å². The van der Waals surface area contributed by atoms with Crippen LogP contribution in [0.15, 0.2) is 34.8 Å². The molecule has 0 radical (unpaired) electrons. The van der Waals surface area contributed by atoms with Crippen LogP contribution < -0.4 is 5.32 Å². The molecule has 0 spiro atoms. The van der Waals surface area contributed by atoms with E-state index in [9.17, 15) is 9.50 Å². The number of anilines is 1. The van der Waals surface area contributed by atoms with Crippen molar-refractivity contribution in [3.8, 4) is 0 Å². The van der Waals surface area contributed by atoms with Crippen molar-refractivity contribution in [1.82, 2.24) is 0 Å². The third kappa shape index (κ3) is 4.10. The van der Waals surface area contributed by atoms with Crippen LogP contribution in [0.2, 0.25) is 10.0 Å². The summed E-state index contributed by atoms with van der Waals surface area (Å²) in [6.07, 6.45) is -0.820. The Bertz CT molecular complexity index is 666. The van der Waals surface area contributed by atoms with Gasteiger partial charge in [0.25, 0.3) is 0 Å². The smallest absolute Gasteiger partial charge is 0.137 e. The molecule has 0 amide bonds. The predicted molar refractivity (Wildman–Crippen MR) is 88.7 cm³/mol. The van der Waals surface area contributed by atoms with Gasteiger partial charge >= 0.3 is 0 Å². The molecule has 2 nitrogen and oxygen atoms in total. The molecule has 0 fully saturated rings. The van der Waals surface area contributed by atoms with Crippen LogP contribution in [0.3, 0.4) is 0 Å². The summed E-state index contributed by atoms with van der Waals surface area (Å²) < 4.78 is 13.7. The number of hydrogen-bond acceptors (Lipinski definition) is 2. The van der Waals surface area contributed by atoms with Crippen molar-refractivity contribution in [1.29, 1.82) is 0 Å². The van der Waals surface area contributed by atoms with E-state index >= 15 is 0 Å². The molecular formula is C15H13BrCl2FNO. The summed E-state index contributed by atoms with van der Waals surface area (Å²) in [5.41, 5.74) is 2.04. The lowest BCUT2D eigenvalue weighted by Crippen LogP contribution is -2.13. The van der Waals surface area contributed by atoms with E-state index in [4.69, 9.17) is 23.2 Å². The van der Waals surface area contributed by atoms with Crippen molar-refractivity contribution in [2.24, 2.45) is 0 Å². The van der Waals surface area contributed by atoms with Gasteiger partial charge in [-0.15, -0.1) is 0 Å². The molecule has 0 heterocycles. The second-order valence-electron chi connectivity index (χ2n) is 4.64. The van der Waals surface area contributed by atoms with Crippen molar-refractivity contribution in [2.75, 3.05) is 11.9 Å². The largest absolute Gasteiger partial charge is 0.387 e. The van der Waals surface area contributed by atoms with E-state index in [2.05, 4.69) is 21.2 Å². The topological polar surface area (TPSA) is 32.3 Å². The van der Waals surface area contributed by atoms with Crippen molar-refractivity contribution in [2.45, 2.75) is 13.0 Å². The fourth-order valence-electron chi connectivity index (χ4n) is 1.92. The lowest BCUT2D eigenvalue weighted by molar-refractivity contribution is 0.191. The Morgan fingerprint density at radius 1 is 1.29 bits per heavy atom. The zero-order valence-corrected chi connectivity index (χ0v) is 14.2. The number of rotatable bonds is 4. The van der Waals surface area contributed by atoms with Gasteiger partial charge in [-0.25, -0.2) is 4.39 Å². The highest BCUT2D eigenvalue weighted by atomic mass is 79.9. The van der Waals surface area contributed by atoms with E-state index in [-0.39, 0.29) is 12.4 Å². The maximum Gasteiger partial charge on any atom is 0.137 e. The van der Waals surface area contributed by atoms with Gasteiger partial charge < -0.3 is 10.4 Å². The molecule has 0 aliphatic carbocycles. The lowest BCUT2D eigenvalue weighted by Gasteiger charge is -2.16. The molecule has 6 heteroatoms. The SMILES string of the molecule is Cc1cc(F)c(Br)cc1NCC(O)c1cc(Cl)ccc1Cl. The minimum Gasteiger partial charge on any atom is -0.387 e. The average Bonchev–Trinajstić information content (AvgIpc) is 2.43. The van der Waals surface area contributed by atoms with Crippen molar-refractivity contribution < 1.29 is 9.50 Å². The second-order valence-corrected chi connectivity index (χ2v) is 6.34. The number of aliphatic hydroxyl groups excluding tert-OH is 1. The normalized spacial score (nSPS) is 12.3. The minimum absolute atomic E-state index is 0.235. The van der Waals surface area contributed by atoms with Gasteiger partial charge in [-0.3, -0.25) is 0 Å². The van der Waals surface area contributed by atoms with Gasteiger partial charge in [0.1, 0.15) is 5.82 Å². The molecular weight excluding hydrogens is 380 g/mol. The molecule has 0 aliphatic rings. The van der Waals surface area contributed by atoms with Gasteiger partial charge in [0.05, 0.1) is 10.6 Å². The number of aliphatic hydroxyl groups is 1. The molecule has 0 aliphatic heterocycles. The highest BCUT2D eigenvalue weighted by Crippen LogP contribution is 2.28. The van der Waals surface area contributed by atoms with Crippen LogP contribution in [0.1, 0.15) is 17.2 Å². The van der Waals surface area contributed by atoms with Gasteiger partial charge in [0.2, 0.25) is 0 Å². The van der Waals surface area contributed by atoms with E-state index in [0.29, 0.717) is 20.1 Å². The quantitative estimate of drug-likeness (QED) is 0.735. The number of benzene rings is 2. The standard InChI is InChI=1S/C15H13BrCl2FNO/c1-8-4-13(19)11(16)6-14(8)20-7-15(21)10-5-9(17)2-3-12(10)18/h2-6,15,20-21H,7H2,1H3. The van der Waals surface area contributed by atoms with E-state index in [1.807, 2.05) is 0 Å². The third-order valence-corrected chi connectivity index (χ3v) is 4.26. The lowest BCUT2D eigenvalue weighted by atomic mass is 10.1. The number of halogens is 4. The molecule has 0 saturated carbocycles. The van der Waals surface area contributed by atoms with Gasteiger partial charge in [-0.2, -0.15) is 0 Å². The Hall–Kier alpha value is -0.810. The first-order valence-corrected chi connectivity index (χ1v) is 7.76. The van der Waals surface area contributed by atoms with Gasteiger partial charge in [0, 0.05) is 27.8 Å². The van der Waals surface area contributed by atoms with Gasteiger partial charge in [-0.1, -0.05) is 23.2 Å².